The van der Waals surface area contributed by atoms with Gasteiger partial charge in [-0.2, -0.15) is 13.2 Å². The maximum Gasteiger partial charge on any atom is 0.389 e. The van der Waals surface area contributed by atoms with E-state index in [0.717, 1.165) is 10.9 Å². The first kappa shape index (κ1) is 13.9. The number of hydrogen-bond acceptors (Lipinski definition) is 1. The van der Waals surface area contributed by atoms with Gasteiger partial charge in [-0.1, -0.05) is 20.8 Å². The predicted octanol–water partition coefficient (Wildman–Crippen LogP) is 4.36. The molecule has 2 nitrogen and oxygen atoms in total. The minimum absolute atomic E-state index is 0.0818. The Hall–Kier alpha value is -1.52. The van der Waals surface area contributed by atoms with Crippen molar-refractivity contribution in [3.8, 4) is 0 Å². The van der Waals surface area contributed by atoms with E-state index in [2.05, 4.69) is 9.97 Å². The van der Waals surface area contributed by atoms with Crippen LogP contribution in [0.5, 0.6) is 0 Å². The van der Waals surface area contributed by atoms with Gasteiger partial charge in [0.05, 0.1) is 0 Å². The van der Waals surface area contributed by atoms with E-state index in [1.165, 1.54) is 0 Å². The fourth-order valence-electron chi connectivity index (χ4n) is 2.11. The number of H-pyrrole nitrogens is 1. The number of aromatic amines is 1. The van der Waals surface area contributed by atoms with E-state index >= 15 is 0 Å². The standard InChI is InChI=1S/C14H17F3N2/c1-13(2,3)11-8-9(4-6-14(15,16)17)19-12-10(11)5-7-18-12/h5,7-8H,4,6H2,1-3H3,(H,18,19). The fraction of sp³-hybridized carbons (Fsp3) is 0.500. The summed E-state index contributed by atoms with van der Waals surface area (Å²) in [5.74, 6) is 0. The molecular formula is C14H17F3N2. The highest BCUT2D eigenvalue weighted by atomic mass is 19.4. The molecule has 0 atom stereocenters. The smallest absolute Gasteiger partial charge is 0.346 e. The van der Waals surface area contributed by atoms with Gasteiger partial charge in [0, 0.05) is 23.7 Å². The van der Waals surface area contributed by atoms with Crippen molar-refractivity contribution in [2.75, 3.05) is 0 Å². The second kappa shape index (κ2) is 4.54. The molecule has 5 heteroatoms. The van der Waals surface area contributed by atoms with E-state index in [1.807, 2.05) is 26.8 Å². The molecule has 0 radical (unpaired) electrons. The SMILES string of the molecule is CC(C)(C)c1cc(CCC(F)(F)F)nc2[nH]ccc12. The molecule has 0 aliphatic heterocycles. The summed E-state index contributed by atoms with van der Waals surface area (Å²) >= 11 is 0. The number of nitrogens with zero attached hydrogens (tertiary/aromatic N) is 1. The number of rotatable bonds is 2. The van der Waals surface area contributed by atoms with Crippen molar-refractivity contribution in [2.24, 2.45) is 0 Å². The van der Waals surface area contributed by atoms with Gasteiger partial charge in [0.1, 0.15) is 5.65 Å². The van der Waals surface area contributed by atoms with Crippen molar-refractivity contribution in [1.29, 1.82) is 0 Å². The Morgan fingerprint density at radius 1 is 1.21 bits per heavy atom. The third kappa shape index (κ3) is 3.28. The lowest BCUT2D eigenvalue weighted by Gasteiger charge is -2.21. The highest BCUT2D eigenvalue weighted by Crippen LogP contribution is 2.30. The number of pyridine rings is 1. The van der Waals surface area contributed by atoms with Crippen molar-refractivity contribution in [3.63, 3.8) is 0 Å². The quantitative estimate of drug-likeness (QED) is 0.863. The lowest BCUT2D eigenvalue weighted by atomic mass is 9.85. The third-order valence-electron chi connectivity index (χ3n) is 3.05. The van der Waals surface area contributed by atoms with E-state index in [4.69, 9.17) is 0 Å². The molecule has 2 aromatic heterocycles. The normalized spacial score (nSPS) is 13.2. The third-order valence-corrected chi connectivity index (χ3v) is 3.05. The number of halogens is 3. The van der Waals surface area contributed by atoms with Crippen LogP contribution in [0, 0.1) is 0 Å². The molecule has 0 saturated heterocycles. The van der Waals surface area contributed by atoms with Crippen molar-refractivity contribution in [2.45, 2.75) is 45.2 Å². The van der Waals surface area contributed by atoms with Gasteiger partial charge in [-0.05, 0) is 29.5 Å². The van der Waals surface area contributed by atoms with Gasteiger partial charge in [0.25, 0.3) is 0 Å². The average molecular weight is 270 g/mol. The number of alkyl halides is 3. The minimum atomic E-state index is -4.14. The average Bonchev–Trinajstić information content (AvgIpc) is 2.70. The molecule has 0 aromatic carbocycles. The summed E-state index contributed by atoms with van der Waals surface area (Å²) in [5.41, 5.74) is 2.04. The van der Waals surface area contributed by atoms with Crippen molar-refractivity contribution < 1.29 is 13.2 Å². The monoisotopic (exact) mass is 270 g/mol. The zero-order chi connectivity index (χ0) is 14.3. The lowest BCUT2D eigenvalue weighted by Crippen LogP contribution is -2.14. The van der Waals surface area contributed by atoms with Gasteiger partial charge in [-0.25, -0.2) is 4.98 Å². The molecule has 0 unspecified atom stereocenters. The van der Waals surface area contributed by atoms with Crippen LogP contribution in [0.3, 0.4) is 0 Å². The lowest BCUT2D eigenvalue weighted by molar-refractivity contribution is -0.134. The Morgan fingerprint density at radius 3 is 2.47 bits per heavy atom. The largest absolute Gasteiger partial charge is 0.389 e. The Morgan fingerprint density at radius 2 is 1.89 bits per heavy atom. The number of nitrogens with one attached hydrogen (secondary N) is 1. The zero-order valence-corrected chi connectivity index (χ0v) is 11.2. The number of aromatic nitrogens is 2. The molecule has 0 fully saturated rings. The summed E-state index contributed by atoms with van der Waals surface area (Å²) in [7, 11) is 0. The predicted molar refractivity (Wildman–Crippen MR) is 69.2 cm³/mol. The molecule has 2 aromatic rings. The number of aryl methyl sites for hydroxylation is 1. The summed E-state index contributed by atoms with van der Waals surface area (Å²) in [4.78, 5) is 7.23. The van der Waals surface area contributed by atoms with E-state index in [0.29, 0.717) is 11.3 Å². The second-order valence-electron chi connectivity index (χ2n) is 5.77. The first-order valence-electron chi connectivity index (χ1n) is 6.21. The summed E-state index contributed by atoms with van der Waals surface area (Å²) in [6.07, 6.45) is -3.30. The molecular weight excluding hydrogens is 253 g/mol. The van der Waals surface area contributed by atoms with Gasteiger partial charge >= 0.3 is 6.18 Å². The Labute approximate surface area is 110 Å². The number of hydrogen-bond donors (Lipinski definition) is 1. The Kier molecular flexibility index (Phi) is 3.32. The molecule has 1 N–H and O–H groups in total. The molecule has 19 heavy (non-hydrogen) atoms. The van der Waals surface area contributed by atoms with Gasteiger partial charge in [-0.3, -0.25) is 0 Å². The van der Waals surface area contributed by atoms with Crippen molar-refractivity contribution >= 4 is 11.0 Å². The van der Waals surface area contributed by atoms with Crippen LogP contribution < -0.4 is 0 Å². The Balaban J connectivity index is 2.41. The summed E-state index contributed by atoms with van der Waals surface area (Å²) in [5, 5.41) is 0.975. The number of fused-ring (bicyclic) bond motifs is 1. The zero-order valence-electron chi connectivity index (χ0n) is 11.2. The van der Waals surface area contributed by atoms with Gasteiger partial charge in [0.15, 0.2) is 0 Å². The maximum atomic E-state index is 12.3. The van der Waals surface area contributed by atoms with Crippen LogP contribution >= 0.6 is 0 Å². The van der Waals surface area contributed by atoms with Crippen LogP contribution in [-0.4, -0.2) is 16.1 Å². The van der Waals surface area contributed by atoms with Crippen LogP contribution in [0.1, 0.15) is 38.4 Å². The van der Waals surface area contributed by atoms with E-state index in [-0.39, 0.29) is 11.8 Å². The molecule has 2 heterocycles. The summed E-state index contributed by atoms with van der Waals surface area (Å²) in [6.45, 7) is 6.13. The van der Waals surface area contributed by atoms with Crippen LogP contribution in [0.4, 0.5) is 13.2 Å². The molecule has 0 amide bonds. The highest BCUT2D eigenvalue weighted by Gasteiger charge is 2.27. The molecule has 0 aliphatic carbocycles. The van der Waals surface area contributed by atoms with Crippen molar-refractivity contribution in [1.82, 2.24) is 9.97 Å². The van der Waals surface area contributed by atoms with Gasteiger partial charge in [-0.15, -0.1) is 0 Å². The molecule has 0 saturated carbocycles. The second-order valence-corrected chi connectivity index (χ2v) is 5.77. The molecule has 0 aliphatic rings. The van der Waals surface area contributed by atoms with Crippen LogP contribution in [-0.2, 0) is 11.8 Å². The summed E-state index contributed by atoms with van der Waals surface area (Å²) in [6, 6.07) is 3.71. The van der Waals surface area contributed by atoms with E-state index in [1.54, 1.807) is 12.3 Å². The van der Waals surface area contributed by atoms with Crippen LogP contribution in [0.2, 0.25) is 0 Å². The highest BCUT2D eigenvalue weighted by molar-refractivity contribution is 5.80. The fourth-order valence-corrected chi connectivity index (χ4v) is 2.11. The maximum absolute atomic E-state index is 12.3. The van der Waals surface area contributed by atoms with Gasteiger partial charge < -0.3 is 4.98 Å². The van der Waals surface area contributed by atoms with Crippen molar-refractivity contribution in [3.05, 3.63) is 29.6 Å². The first-order valence-corrected chi connectivity index (χ1v) is 6.21. The van der Waals surface area contributed by atoms with Crippen LogP contribution in [0.15, 0.2) is 18.3 Å². The molecule has 2 rings (SSSR count). The first-order chi connectivity index (χ1) is 8.67. The Bertz CT molecular complexity index is 576. The van der Waals surface area contributed by atoms with Crippen LogP contribution in [0.25, 0.3) is 11.0 Å². The minimum Gasteiger partial charge on any atom is -0.346 e. The van der Waals surface area contributed by atoms with Gasteiger partial charge in [0.2, 0.25) is 0 Å². The van der Waals surface area contributed by atoms with E-state index < -0.39 is 12.6 Å². The molecule has 0 spiro atoms. The topological polar surface area (TPSA) is 28.7 Å². The summed E-state index contributed by atoms with van der Waals surface area (Å²) < 4.78 is 36.9. The molecule has 104 valence electrons. The van der Waals surface area contributed by atoms with E-state index in [9.17, 15) is 13.2 Å². The molecule has 0 bridgehead atoms.